The Balaban J connectivity index is 1.46. The molecule has 6 nitrogen and oxygen atoms in total. The number of nitrogens with zero attached hydrogens (tertiary/aromatic N) is 2. The van der Waals surface area contributed by atoms with Crippen LogP contribution in [-0.2, 0) is 15.7 Å². The van der Waals surface area contributed by atoms with Gasteiger partial charge in [-0.15, -0.1) is 11.3 Å². The molecule has 1 saturated heterocycles. The van der Waals surface area contributed by atoms with Crippen LogP contribution in [0.4, 0.5) is 23.9 Å². The molecule has 1 fully saturated rings. The number of alkyl halides is 3. The van der Waals surface area contributed by atoms with Crippen LogP contribution < -0.4 is 15.6 Å². The summed E-state index contributed by atoms with van der Waals surface area (Å²) in [4.78, 5) is 14.9. The number of hydrazone groups is 1. The second kappa shape index (κ2) is 9.07. The van der Waals surface area contributed by atoms with Crippen LogP contribution in [0.25, 0.3) is 0 Å². The molecular weight excluding hydrogens is 393 g/mol. The highest BCUT2D eigenvalue weighted by molar-refractivity contribution is 7.17. The molecule has 28 heavy (non-hydrogen) atoms. The Morgan fingerprint density at radius 1 is 1.25 bits per heavy atom. The number of nitrogens with one attached hydrogen (secondary N) is 2. The molecule has 1 aromatic carbocycles. The number of carbonyl (C=O) groups excluding carboxylic acids is 1. The fraction of sp³-hybridized carbons (Fsp3) is 0.333. The van der Waals surface area contributed by atoms with Crippen molar-refractivity contribution in [2.75, 3.05) is 43.1 Å². The van der Waals surface area contributed by atoms with Crippen molar-refractivity contribution in [2.24, 2.45) is 5.10 Å². The van der Waals surface area contributed by atoms with Gasteiger partial charge in [-0.25, -0.2) is 5.43 Å². The van der Waals surface area contributed by atoms with Crippen molar-refractivity contribution in [2.45, 2.75) is 6.18 Å². The summed E-state index contributed by atoms with van der Waals surface area (Å²) < 4.78 is 43.4. The van der Waals surface area contributed by atoms with Gasteiger partial charge in [-0.05, 0) is 30.3 Å². The normalized spacial score (nSPS) is 15.0. The zero-order chi connectivity index (χ0) is 20.0. The Labute approximate surface area is 164 Å². The lowest BCUT2D eigenvalue weighted by atomic mass is 10.2. The quantitative estimate of drug-likeness (QED) is 0.565. The Hall–Kier alpha value is -2.59. The minimum absolute atomic E-state index is 0.192. The van der Waals surface area contributed by atoms with Gasteiger partial charge in [-0.3, -0.25) is 4.79 Å². The van der Waals surface area contributed by atoms with Crippen LogP contribution in [0.1, 0.15) is 10.4 Å². The zero-order valence-electron chi connectivity index (χ0n) is 14.8. The predicted molar refractivity (Wildman–Crippen MR) is 103 cm³/mol. The van der Waals surface area contributed by atoms with Crippen LogP contribution in [-0.4, -0.2) is 45.0 Å². The molecule has 0 spiro atoms. The molecule has 2 aromatic rings. The summed E-state index contributed by atoms with van der Waals surface area (Å²) in [6.45, 7) is 2.90. The van der Waals surface area contributed by atoms with Gasteiger partial charge in [0, 0.05) is 23.7 Å². The van der Waals surface area contributed by atoms with Crippen molar-refractivity contribution in [3.63, 3.8) is 0 Å². The van der Waals surface area contributed by atoms with E-state index in [1.165, 1.54) is 18.3 Å². The van der Waals surface area contributed by atoms with E-state index >= 15 is 0 Å². The molecule has 2 N–H and O–H groups in total. The van der Waals surface area contributed by atoms with E-state index in [1.54, 1.807) is 11.3 Å². The SMILES string of the molecule is O=C(CNc1cccc(C(F)(F)F)c1)NN=Cc1ccc(N2CCOCC2)s1. The number of rotatable bonds is 6. The standard InChI is InChI=1S/C18H19F3N4O2S/c19-18(20,21)13-2-1-3-14(10-13)22-12-16(26)24-23-11-15-4-5-17(28-15)25-6-8-27-9-7-25/h1-5,10-11,22H,6-9,12H2,(H,24,26). The van der Waals surface area contributed by atoms with E-state index in [1.807, 2.05) is 12.1 Å². The maximum absolute atomic E-state index is 12.7. The number of carbonyl (C=O) groups is 1. The number of morpholine rings is 1. The van der Waals surface area contributed by atoms with Crippen molar-refractivity contribution in [3.8, 4) is 0 Å². The molecule has 3 rings (SSSR count). The Bertz CT molecular complexity index is 832. The first-order valence-electron chi connectivity index (χ1n) is 8.57. The van der Waals surface area contributed by atoms with Gasteiger partial charge >= 0.3 is 6.18 Å². The lowest BCUT2D eigenvalue weighted by Crippen LogP contribution is -2.35. The summed E-state index contributed by atoms with van der Waals surface area (Å²) in [6, 6.07) is 8.58. The average molecular weight is 412 g/mol. The van der Waals surface area contributed by atoms with Crippen LogP contribution in [0.15, 0.2) is 41.5 Å². The van der Waals surface area contributed by atoms with Crippen molar-refractivity contribution >= 4 is 34.1 Å². The molecule has 2 heterocycles. The Morgan fingerprint density at radius 3 is 2.79 bits per heavy atom. The van der Waals surface area contributed by atoms with Crippen LogP contribution in [0.5, 0.6) is 0 Å². The van der Waals surface area contributed by atoms with Crippen LogP contribution in [0, 0.1) is 0 Å². The molecule has 0 bridgehead atoms. The van der Waals surface area contributed by atoms with Gasteiger partial charge in [0.2, 0.25) is 0 Å². The van der Waals surface area contributed by atoms with Gasteiger partial charge in [0.25, 0.3) is 5.91 Å². The van der Waals surface area contributed by atoms with Gasteiger partial charge in [0.1, 0.15) is 0 Å². The van der Waals surface area contributed by atoms with Crippen LogP contribution >= 0.6 is 11.3 Å². The highest BCUT2D eigenvalue weighted by Gasteiger charge is 2.30. The van der Waals surface area contributed by atoms with E-state index in [9.17, 15) is 18.0 Å². The molecule has 1 aromatic heterocycles. The maximum Gasteiger partial charge on any atom is 0.416 e. The number of ether oxygens (including phenoxy) is 1. The molecule has 150 valence electrons. The van der Waals surface area contributed by atoms with E-state index in [-0.39, 0.29) is 12.2 Å². The monoisotopic (exact) mass is 412 g/mol. The van der Waals surface area contributed by atoms with Crippen molar-refractivity contribution < 1.29 is 22.7 Å². The average Bonchev–Trinajstić information content (AvgIpc) is 3.16. The lowest BCUT2D eigenvalue weighted by Gasteiger charge is -2.27. The number of amides is 1. The highest BCUT2D eigenvalue weighted by atomic mass is 32.1. The number of anilines is 2. The largest absolute Gasteiger partial charge is 0.416 e. The molecule has 0 atom stereocenters. The zero-order valence-corrected chi connectivity index (χ0v) is 15.6. The van der Waals surface area contributed by atoms with E-state index in [4.69, 9.17) is 4.74 Å². The molecule has 0 radical (unpaired) electrons. The summed E-state index contributed by atoms with van der Waals surface area (Å²) in [5.41, 5.74) is 1.79. The third-order valence-corrected chi connectivity index (χ3v) is 5.04. The van der Waals surface area contributed by atoms with E-state index < -0.39 is 17.6 Å². The second-order valence-corrected chi connectivity index (χ2v) is 7.09. The van der Waals surface area contributed by atoms with Crippen molar-refractivity contribution in [1.82, 2.24) is 5.43 Å². The minimum atomic E-state index is -4.43. The van der Waals surface area contributed by atoms with E-state index in [0.29, 0.717) is 13.2 Å². The van der Waals surface area contributed by atoms with Crippen LogP contribution in [0.3, 0.4) is 0 Å². The van der Waals surface area contributed by atoms with Gasteiger partial charge < -0.3 is 15.0 Å². The van der Waals surface area contributed by atoms with Crippen molar-refractivity contribution in [1.29, 1.82) is 0 Å². The topological polar surface area (TPSA) is 66.0 Å². The smallest absolute Gasteiger partial charge is 0.378 e. The fourth-order valence-corrected chi connectivity index (χ4v) is 3.49. The summed E-state index contributed by atoms with van der Waals surface area (Å²) in [5.74, 6) is -0.460. The van der Waals surface area contributed by atoms with Crippen LogP contribution in [0.2, 0.25) is 0 Å². The third-order valence-electron chi connectivity index (χ3n) is 3.96. The van der Waals surface area contributed by atoms with Gasteiger partial charge in [-0.1, -0.05) is 6.07 Å². The first-order valence-corrected chi connectivity index (χ1v) is 9.39. The summed E-state index contributed by atoms with van der Waals surface area (Å²) in [5, 5.41) is 7.66. The number of hydrogen-bond donors (Lipinski definition) is 2. The summed E-state index contributed by atoms with van der Waals surface area (Å²) >= 11 is 1.55. The molecule has 0 unspecified atom stereocenters. The highest BCUT2D eigenvalue weighted by Crippen LogP contribution is 2.30. The predicted octanol–water partition coefficient (Wildman–Crippen LogP) is 3.17. The summed E-state index contributed by atoms with van der Waals surface area (Å²) in [7, 11) is 0. The maximum atomic E-state index is 12.7. The van der Waals surface area contributed by atoms with E-state index in [2.05, 4.69) is 20.7 Å². The molecular formula is C18H19F3N4O2S. The Kier molecular flexibility index (Phi) is 6.53. The van der Waals surface area contributed by atoms with Crippen molar-refractivity contribution in [3.05, 3.63) is 46.8 Å². The molecule has 1 amide bonds. The molecule has 1 aliphatic rings. The first kappa shape index (κ1) is 20.2. The fourth-order valence-electron chi connectivity index (χ4n) is 2.56. The molecule has 1 aliphatic heterocycles. The molecule has 0 saturated carbocycles. The lowest BCUT2D eigenvalue weighted by molar-refractivity contribution is -0.137. The van der Waals surface area contributed by atoms with Gasteiger partial charge in [-0.2, -0.15) is 18.3 Å². The molecule has 0 aliphatic carbocycles. The Morgan fingerprint density at radius 2 is 2.04 bits per heavy atom. The minimum Gasteiger partial charge on any atom is -0.378 e. The molecule has 10 heteroatoms. The first-order chi connectivity index (χ1) is 13.4. The van der Waals surface area contributed by atoms with Gasteiger partial charge in [0.05, 0.1) is 36.5 Å². The number of halogens is 3. The van der Waals surface area contributed by atoms with Gasteiger partial charge in [0.15, 0.2) is 0 Å². The number of benzene rings is 1. The second-order valence-electron chi connectivity index (χ2n) is 6.00. The van der Waals surface area contributed by atoms with E-state index in [0.717, 1.165) is 35.1 Å². The third kappa shape index (κ3) is 5.70. The number of thiophene rings is 1. The summed E-state index contributed by atoms with van der Waals surface area (Å²) in [6.07, 6.45) is -2.89. The number of hydrogen-bond acceptors (Lipinski definition) is 6.